The molecule has 0 spiro atoms. The van der Waals surface area contributed by atoms with Gasteiger partial charge in [0, 0.05) is 36.9 Å². The summed E-state index contributed by atoms with van der Waals surface area (Å²) in [6.07, 6.45) is 0. The Bertz CT molecular complexity index is 3210. The Labute approximate surface area is 317 Å². The van der Waals surface area contributed by atoms with Crippen molar-refractivity contribution >= 4 is 91.7 Å². The van der Waals surface area contributed by atoms with Gasteiger partial charge in [-0.1, -0.05) is 164 Å². The maximum atomic E-state index is 2.44. The lowest BCUT2D eigenvalue weighted by molar-refractivity contribution is 1.30. The van der Waals surface area contributed by atoms with Crippen LogP contribution in [0.3, 0.4) is 0 Å². The first-order chi connectivity index (χ1) is 26.8. The zero-order valence-corrected chi connectivity index (χ0v) is 30.2. The Kier molecular flexibility index (Phi) is 7.11. The Morgan fingerprint density at radius 3 is 1.56 bits per heavy atom. The van der Waals surface area contributed by atoms with E-state index in [1.807, 2.05) is 11.3 Å². The lowest BCUT2D eigenvalue weighted by atomic mass is 9.85. The second-order valence-electron chi connectivity index (χ2n) is 14.0. The van der Waals surface area contributed by atoms with E-state index in [0.29, 0.717) is 0 Å². The maximum absolute atomic E-state index is 2.44. The van der Waals surface area contributed by atoms with Crippen molar-refractivity contribution in [2.45, 2.75) is 0 Å². The quantitative estimate of drug-likeness (QED) is 0.161. The Morgan fingerprint density at radius 1 is 0.315 bits per heavy atom. The van der Waals surface area contributed by atoms with Crippen LogP contribution in [-0.2, 0) is 0 Å². The molecule has 0 saturated carbocycles. The summed E-state index contributed by atoms with van der Waals surface area (Å²) in [7, 11) is 0. The molecule has 0 aliphatic heterocycles. The number of nitrogens with zero attached hydrogens (tertiary/aromatic N) is 1. The van der Waals surface area contributed by atoms with E-state index in [0.717, 1.165) is 17.1 Å². The van der Waals surface area contributed by atoms with Gasteiger partial charge in [-0.3, -0.25) is 0 Å². The number of benzene rings is 10. The third-order valence-corrected chi connectivity index (χ3v) is 12.2. The van der Waals surface area contributed by atoms with Crippen molar-refractivity contribution in [2.75, 3.05) is 4.90 Å². The summed E-state index contributed by atoms with van der Waals surface area (Å²) in [4.78, 5) is 2.44. The first kappa shape index (κ1) is 30.8. The van der Waals surface area contributed by atoms with Crippen LogP contribution in [0.1, 0.15) is 0 Å². The number of thiophene rings is 1. The monoisotopic (exact) mass is 703 g/mol. The van der Waals surface area contributed by atoms with Gasteiger partial charge in [-0.05, 0) is 96.4 Å². The van der Waals surface area contributed by atoms with Crippen molar-refractivity contribution in [2.24, 2.45) is 0 Å². The normalized spacial score (nSPS) is 11.7. The number of fused-ring (bicyclic) bond motifs is 9. The molecule has 1 nitrogen and oxygen atoms in total. The molecule has 2 heteroatoms. The average Bonchev–Trinajstić information content (AvgIpc) is 3.63. The van der Waals surface area contributed by atoms with Gasteiger partial charge < -0.3 is 4.90 Å². The predicted molar refractivity (Wildman–Crippen MR) is 235 cm³/mol. The maximum Gasteiger partial charge on any atom is 0.0540 e. The van der Waals surface area contributed by atoms with E-state index in [9.17, 15) is 0 Å². The highest BCUT2D eigenvalue weighted by Gasteiger charge is 2.20. The van der Waals surface area contributed by atoms with Crippen LogP contribution in [0.25, 0.3) is 85.5 Å². The minimum absolute atomic E-state index is 1.12. The summed E-state index contributed by atoms with van der Waals surface area (Å²) in [5, 5.41) is 12.7. The average molecular weight is 704 g/mol. The Hall–Kier alpha value is -6.74. The summed E-state index contributed by atoms with van der Waals surface area (Å²) in [6.45, 7) is 0. The molecule has 0 aliphatic carbocycles. The molecule has 252 valence electrons. The van der Waals surface area contributed by atoms with Gasteiger partial charge in [0.25, 0.3) is 0 Å². The van der Waals surface area contributed by atoms with Crippen LogP contribution < -0.4 is 4.90 Å². The Balaban J connectivity index is 1.14. The molecule has 0 bridgehead atoms. The standard InChI is InChI=1S/C52H33NS/c1-2-15-36(16-3-1)50-44-22-10-8-20-42(44)43-21-9-11-23-45(43)51(50)37-25-28-38(29-26-37)53(48-24-12-17-34-13-4-6-18-40(34)48)39-30-32-49-47(33-39)46-31-27-35-14-5-7-19-41(35)52(46)54-49/h1-33H. The fraction of sp³-hybridized carbons (Fsp3) is 0. The molecule has 1 aromatic heterocycles. The van der Waals surface area contributed by atoms with Gasteiger partial charge >= 0.3 is 0 Å². The van der Waals surface area contributed by atoms with Crippen molar-refractivity contribution in [1.82, 2.24) is 0 Å². The highest BCUT2D eigenvalue weighted by molar-refractivity contribution is 7.26. The number of anilines is 3. The second kappa shape index (κ2) is 12.4. The molecule has 0 saturated heterocycles. The minimum atomic E-state index is 1.12. The summed E-state index contributed by atoms with van der Waals surface area (Å²) < 4.78 is 2.65. The van der Waals surface area contributed by atoms with Gasteiger partial charge in [0.15, 0.2) is 0 Å². The molecular weight excluding hydrogens is 671 g/mol. The molecule has 0 unspecified atom stereocenters. The van der Waals surface area contributed by atoms with Crippen molar-refractivity contribution in [3.8, 4) is 22.3 Å². The smallest absolute Gasteiger partial charge is 0.0540 e. The van der Waals surface area contributed by atoms with Crippen LogP contribution in [0.15, 0.2) is 200 Å². The van der Waals surface area contributed by atoms with E-state index in [2.05, 4.69) is 205 Å². The molecule has 54 heavy (non-hydrogen) atoms. The first-order valence-corrected chi connectivity index (χ1v) is 19.3. The topological polar surface area (TPSA) is 3.24 Å². The van der Waals surface area contributed by atoms with Crippen molar-refractivity contribution in [3.63, 3.8) is 0 Å². The van der Waals surface area contributed by atoms with E-state index < -0.39 is 0 Å². The molecular formula is C52H33NS. The molecule has 10 aromatic carbocycles. The van der Waals surface area contributed by atoms with E-state index in [1.54, 1.807) is 0 Å². The highest BCUT2D eigenvalue weighted by Crippen LogP contribution is 2.47. The molecule has 0 atom stereocenters. The van der Waals surface area contributed by atoms with Crippen molar-refractivity contribution in [3.05, 3.63) is 200 Å². The summed E-state index contributed by atoms with van der Waals surface area (Å²) in [5.74, 6) is 0. The number of rotatable bonds is 5. The van der Waals surface area contributed by atoms with Crippen LogP contribution in [0.2, 0.25) is 0 Å². The predicted octanol–water partition coefficient (Wildman–Crippen LogP) is 15.5. The van der Waals surface area contributed by atoms with Gasteiger partial charge in [-0.15, -0.1) is 11.3 Å². The van der Waals surface area contributed by atoms with E-state index in [1.165, 1.54) is 85.5 Å². The molecule has 0 aliphatic rings. The Morgan fingerprint density at radius 2 is 0.852 bits per heavy atom. The fourth-order valence-electron chi connectivity index (χ4n) is 8.59. The SMILES string of the molecule is c1ccc(-c2c(-c3ccc(N(c4ccc5sc6c7ccccc7ccc6c5c4)c4cccc5ccccc45)cc3)c3ccccc3c3ccccc23)cc1. The lowest BCUT2D eigenvalue weighted by Gasteiger charge is -2.27. The molecule has 1 heterocycles. The van der Waals surface area contributed by atoms with Gasteiger partial charge in [-0.25, -0.2) is 0 Å². The van der Waals surface area contributed by atoms with Gasteiger partial charge in [-0.2, -0.15) is 0 Å². The zero-order chi connectivity index (χ0) is 35.6. The largest absolute Gasteiger partial charge is 0.310 e. The highest BCUT2D eigenvalue weighted by atomic mass is 32.1. The summed E-state index contributed by atoms with van der Waals surface area (Å²) in [6, 6.07) is 73.5. The van der Waals surface area contributed by atoms with Crippen LogP contribution in [-0.4, -0.2) is 0 Å². The first-order valence-electron chi connectivity index (χ1n) is 18.5. The van der Waals surface area contributed by atoms with E-state index in [-0.39, 0.29) is 0 Å². The second-order valence-corrected chi connectivity index (χ2v) is 15.1. The third kappa shape index (κ3) is 4.85. The fourth-order valence-corrected chi connectivity index (χ4v) is 9.80. The van der Waals surface area contributed by atoms with Crippen molar-refractivity contribution < 1.29 is 0 Å². The molecule has 11 rings (SSSR count). The van der Waals surface area contributed by atoms with Gasteiger partial charge in [0.2, 0.25) is 0 Å². The van der Waals surface area contributed by atoms with Crippen LogP contribution in [0.5, 0.6) is 0 Å². The van der Waals surface area contributed by atoms with Crippen LogP contribution in [0.4, 0.5) is 17.1 Å². The molecule has 0 amide bonds. The van der Waals surface area contributed by atoms with E-state index >= 15 is 0 Å². The summed E-state index contributed by atoms with van der Waals surface area (Å²) in [5.41, 5.74) is 8.37. The molecule has 0 fully saturated rings. The molecule has 11 aromatic rings. The summed E-state index contributed by atoms with van der Waals surface area (Å²) >= 11 is 1.89. The van der Waals surface area contributed by atoms with Gasteiger partial charge in [0.05, 0.1) is 5.69 Å². The van der Waals surface area contributed by atoms with Gasteiger partial charge in [0.1, 0.15) is 0 Å². The van der Waals surface area contributed by atoms with Crippen molar-refractivity contribution in [1.29, 1.82) is 0 Å². The number of hydrogen-bond donors (Lipinski definition) is 0. The van der Waals surface area contributed by atoms with E-state index in [4.69, 9.17) is 0 Å². The zero-order valence-electron chi connectivity index (χ0n) is 29.4. The molecule has 0 radical (unpaired) electrons. The number of hydrogen-bond acceptors (Lipinski definition) is 2. The third-order valence-electron chi connectivity index (χ3n) is 11.0. The van der Waals surface area contributed by atoms with Crippen LogP contribution >= 0.6 is 11.3 Å². The lowest BCUT2D eigenvalue weighted by Crippen LogP contribution is -2.10. The minimum Gasteiger partial charge on any atom is -0.310 e. The molecule has 0 N–H and O–H groups in total. The van der Waals surface area contributed by atoms with Crippen LogP contribution in [0, 0.1) is 0 Å².